The van der Waals surface area contributed by atoms with Crippen molar-refractivity contribution in [2.45, 2.75) is 18.9 Å². The smallest absolute Gasteiger partial charge is 0.268 e. The fraction of sp³-hybridized carbons (Fsp3) is 0.500. The van der Waals surface area contributed by atoms with Gasteiger partial charge in [-0.05, 0) is 12.8 Å². The van der Waals surface area contributed by atoms with Gasteiger partial charge >= 0.3 is 0 Å². The first kappa shape index (κ1) is 10.8. The molecule has 0 bridgehead atoms. The molecule has 2 heterocycles. The van der Waals surface area contributed by atoms with Crippen LogP contribution in [0.4, 0.5) is 5.82 Å². The van der Waals surface area contributed by atoms with Crippen molar-refractivity contribution in [1.82, 2.24) is 9.97 Å². The summed E-state index contributed by atoms with van der Waals surface area (Å²) in [7, 11) is 0. The van der Waals surface area contributed by atoms with Gasteiger partial charge in [-0.3, -0.25) is 4.79 Å². The van der Waals surface area contributed by atoms with Gasteiger partial charge in [-0.15, -0.1) is 0 Å². The maximum absolute atomic E-state index is 10.8. The van der Waals surface area contributed by atoms with Crippen LogP contribution in [0, 0.1) is 0 Å². The largest absolute Gasteiger partial charge is 0.393 e. The average Bonchev–Trinajstić information content (AvgIpc) is 2.30. The van der Waals surface area contributed by atoms with Gasteiger partial charge in [-0.2, -0.15) is 0 Å². The van der Waals surface area contributed by atoms with E-state index in [0.29, 0.717) is 0 Å². The second-order valence-electron chi connectivity index (χ2n) is 3.84. The zero-order valence-corrected chi connectivity index (χ0v) is 8.83. The number of piperidine rings is 1. The van der Waals surface area contributed by atoms with Crippen LogP contribution in [-0.2, 0) is 0 Å². The highest BCUT2D eigenvalue weighted by Gasteiger charge is 2.18. The summed E-state index contributed by atoms with van der Waals surface area (Å²) in [6.45, 7) is 1.51. The fourth-order valence-electron chi connectivity index (χ4n) is 1.71. The SMILES string of the molecule is NC(=O)c1cnc(N2CCC(O)CC2)cn1. The monoisotopic (exact) mass is 222 g/mol. The number of rotatable bonds is 2. The summed E-state index contributed by atoms with van der Waals surface area (Å²) >= 11 is 0. The molecule has 1 aromatic heterocycles. The van der Waals surface area contributed by atoms with Crippen LogP contribution in [0.15, 0.2) is 12.4 Å². The fourth-order valence-corrected chi connectivity index (χ4v) is 1.71. The van der Waals surface area contributed by atoms with Crippen molar-refractivity contribution in [2.24, 2.45) is 5.73 Å². The van der Waals surface area contributed by atoms with Crippen molar-refractivity contribution in [2.75, 3.05) is 18.0 Å². The van der Waals surface area contributed by atoms with Crippen molar-refractivity contribution >= 4 is 11.7 Å². The number of hydrogen-bond acceptors (Lipinski definition) is 5. The second-order valence-corrected chi connectivity index (χ2v) is 3.84. The van der Waals surface area contributed by atoms with E-state index in [9.17, 15) is 9.90 Å². The lowest BCUT2D eigenvalue weighted by atomic mass is 10.1. The van der Waals surface area contributed by atoms with Crippen molar-refractivity contribution < 1.29 is 9.90 Å². The van der Waals surface area contributed by atoms with Crippen molar-refractivity contribution in [3.63, 3.8) is 0 Å². The Labute approximate surface area is 93.1 Å². The Morgan fingerprint density at radius 3 is 2.56 bits per heavy atom. The molecule has 0 saturated carbocycles. The minimum Gasteiger partial charge on any atom is -0.393 e. The molecule has 86 valence electrons. The lowest BCUT2D eigenvalue weighted by Gasteiger charge is -2.30. The molecular formula is C10H14N4O2. The number of nitrogens with zero attached hydrogens (tertiary/aromatic N) is 3. The molecule has 1 aliphatic rings. The van der Waals surface area contributed by atoms with Gasteiger partial charge in [-0.25, -0.2) is 9.97 Å². The predicted molar refractivity (Wildman–Crippen MR) is 58.0 cm³/mol. The Hall–Kier alpha value is -1.69. The summed E-state index contributed by atoms with van der Waals surface area (Å²) < 4.78 is 0. The first-order valence-electron chi connectivity index (χ1n) is 5.21. The summed E-state index contributed by atoms with van der Waals surface area (Å²) in [5, 5.41) is 9.37. The Bertz CT molecular complexity index is 371. The number of aromatic nitrogens is 2. The maximum Gasteiger partial charge on any atom is 0.268 e. The Balaban J connectivity index is 2.07. The molecule has 0 spiro atoms. The molecule has 0 radical (unpaired) electrons. The topological polar surface area (TPSA) is 92.3 Å². The van der Waals surface area contributed by atoms with E-state index in [0.717, 1.165) is 31.7 Å². The van der Waals surface area contributed by atoms with E-state index < -0.39 is 5.91 Å². The quantitative estimate of drug-likeness (QED) is 0.706. The van der Waals surface area contributed by atoms with Gasteiger partial charge in [-0.1, -0.05) is 0 Å². The molecule has 1 aliphatic heterocycles. The molecule has 0 unspecified atom stereocenters. The first-order valence-corrected chi connectivity index (χ1v) is 5.21. The third kappa shape index (κ3) is 2.27. The van der Waals surface area contributed by atoms with Crippen LogP contribution in [0.2, 0.25) is 0 Å². The molecule has 6 nitrogen and oxygen atoms in total. The third-order valence-electron chi connectivity index (χ3n) is 2.68. The lowest BCUT2D eigenvalue weighted by molar-refractivity contribution is 0.0995. The Kier molecular flexibility index (Phi) is 3.00. The number of carbonyl (C=O) groups excluding carboxylic acids is 1. The zero-order chi connectivity index (χ0) is 11.5. The van der Waals surface area contributed by atoms with Crippen LogP contribution in [0.1, 0.15) is 23.3 Å². The van der Waals surface area contributed by atoms with Crippen LogP contribution in [0.25, 0.3) is 0 Å². The highest BCUT2D eigenvalue weighted by molar-refractivity contribution is 5.90. The van der Waals surface area contributed by atoms with Gasteiger partial charge in [0.1, 0.15) is 11.5 Å². The van der Waals surface area contributed by atoms with Gasteiger partial charge in [0, 0.05) is 13.1 Å². The molecule has 3 N–H and O–H groups in total. The number of hydrogen-bond donors (Lipinski definition) is 2. The molecule has 1 amide bonds. The van der Waals surface area contributed by atoms with Crippen LogP contribution in [0.5, 0.6) is 0 Å². The number of aliphatic hydroxyl groups is 1. The van der Waals surface area contributed by atoms with Gasteiger partial charge in [0.05, 0.1) is 18.5 Å². The summed E-state index contributed by atoms with van der Waals surface area (Å²) in [5.41, 5.74) is 5.24. The van der Waals surface area contributed by atoms with E-state index >= 15 is 0 Å². The summed E-state index contributed by atoms with van der Waals surface area (Å²) in [4.78, 5) is 20.9. The van der Waals surface area contributed by atoms with Gasteiger partial charge in [0.2, 0.25) is 0 Å². The van der Waals surface area contributed by atoms with E-state index in [-0.39, 0.29) is 11.8 Å². The Morgan fingerprint density at radius 2 is 2.06 bits per heavy atom. The number of amides is 1. The molecule has 1 aromatic rings. The molecule has 6 heteroatoms. The van der Waals surface area contributed by atoms with Gasteiger partial charge < -0.3 is 15.7 Å². The maximum atomic E-state index is 10.8. The minimum atomic E-state index is -0.576. The van der Waals surface area contributed by atoms with Gasteiger partial charge in [0.15, 0.2) is 0 Å². The average molecular weight is 222 g/mol. The molecule has 16 heavy (non-hydrogen) atoms. The molecule has 0 aliphatic carbocycles. The molecule has 1 saturated heterocycles. The standard InChI is InChI=1S/C10H14N4O2/c11-10(16)8-5-13-9(6-12-8)14-3-1-7(15)2-4-14/h5-7,15H,1-4H2,(H2,11,16). The van der Waals surface area contributed by atoms with Crippen LogP contribution in [0.3, 0.4) is 0 Å². The van der Waals surface area contributed by atoms with E-state index in [1.165, 1.54) is 12.4 Å². The zero-order valence-electron chi connectivity index (χ0n) is 8.83. The third-order valence-corrected chi connectivity index (χ3v) is 2.68. The summed E-state index contributed by atoms with van der Waals surface area (Å²) in [5.74, 6) is 0.144. The predicted octanol–water partition coefficient (Wildman–Crippen LogP) is -0.463. The molecule has 0 atom stereocenters. The molecular weight excluding hydrogens is 208 g/mol. The number of carbonyl (C=O) groups is 1. The minimum absolute atomic E-state index is 0.167. The van der Waals surface area contributed by atoms with Crippen LogP contribution in [-0.4, -0.2) is 40.2 Å². The number of nitrogens with two attached hydrogens (primary N) is 1. The van der Waals surface area contributed by atoms with E-state index in [1.54, 1.807) is 0 Å². The number of aliphatic hydroxyl groups excluding tert-OH is 1. The molecule has 2 rings (SSSR count). The number of anilines is 1. The van der Waals surface area contributed by atoms with E-state index in [1.807, 2.05) is 4.90 Å². The van der Waals surface area contributed by atoms with Crippen molar-refractivity contribution in [3.8, 4) is 0 Å². The van der Waals surface area contributed by atoms with E-state index in [4.69, 9.17) is 5.73 Å². The van der Waals surface area contributed by atoms with E-state index in [2.05, 4.69) is 9.97 Å². The van der Waals surface area contributed by atoms with Crippen LogP contribution < -0.4 is 10.6 Å². The number of primary amides is 1. The normalized spacial score (nSPS) is 17.4. The second kappa shape index (κ2) is 4.44. The van der Waals surface area contributed by atoms with Crippen molar-refractivity contribution in [1.29, 1.82) is 0 Å². The Morgan fingerprint density at radius 1 is 1.38 bits per heavy atom. The summed E-state index contributed by atoms with van der Waals surface area (Å²) in [6.07, 6.45) is 4.17. The molecule has 0 aromatic carbocycles. The highest BCUT2D eigenvalue weighted by atomic mass is 16.3. The lowest BCUT2D eigenvalue weighted by Crippen LogP contribution is -2.36. The highest BCUT2D eigenvalue weighted by Crippen LogP contribution is 2.16. The van der Waals surface area contributed by atoms with Crippen molar-refractivity contribution in [3.05, 3.63) is 18.1 Å². The molecule has 1 fully saturated rings. The summed E-state index contributed by atoms with van der Waals surface area (Å²) in [6, 6.07) is 0. The van der Waals surface area contributed by atoms with Gasteiger partial charge in [0.25, 0.3) is 5.91 Å². The van der Waals surface area contributed by atoms with Crippen LogP contribution >= 0.6 is 0 Å². The first-order chi connectivity index (χ1) is 7.66.